The van der Waals surface area contributed by atoms with Gasteiger partial charge in [0.15, 0.2) is 11.0 Å². The van der Waals surface area contributed by atoms with Gasteiger partial charge in [-0.1, -0.05) is 29.8 Å². The Labute approximate surface area is 144 Å². The van der Waals surface area contributed by atoms with Crippen LogP contribution in [-0.4, -0.2) is 22.0 Å². The Hall–Kier alpha value is -2.73. The summed E-state index contributed by atoms with van der Waals surface area (Å²) in [6, 6.07) is 11.5. The van der Waals surface area contributed by atoms with E-state index in [9.17, 15) is 4.39 Å². The monoisotopic (exact) mass is 343 g/mol. The van der Waals surface area contributed by atoms with Crippen molar-refractivity contribution in [3.05, 3.63) is 77.2 Å². The molecule has 0 saturated carbocycles. The quantitative estimate of drug-likeness (QED) is 0.688. The molecule has 0 fully saturated rings. The molecule has 0 aliphatic rings. The van der Waals surface area contributed by atoms with E-state index in [1.54, 1.807) is 19.3 Å². The number of nitrogens with zero attached hydrogens (tertiary/aromatic N) is 3. The van der Waals surface area contributed by atoms with Gasteiger partial charge in [0.1, 0.15) is 17.8 Å². The maximum atomic E-state index is 13.7. The van der Waals surface area contributed by atoms with Gasteiger partial charge in [0.05, 0.1) is 11.7 Å². The molecule has 0 bridgehead atoms. The Morgan fingerprint density at radius 1 is 1.08 bits per heavy atom. The number of aromatic nitrogens is 3. The first-order valence-corrected chi connectivity index (χ1v) is 7.68. The van der Waals surface area contributed by atoms with E-state index in [1.807, 2.05) is 24.3 Å². The smallest absolute Gasteiger partial charge is 0.157 e. The minimum absolute atomic E-state index is 0.300. The molecule has 2 heterocycles. The van der Waals surface area contributed by atoms with Gasteiger partial charge >= 0.3 is 0 Å². The fourth-order valence-electron chi connectivity index (χ4n) is 2.39. The SMILES string of the molecule is CNc1c(Cl)ncnc1NC(c1cccc(F)c1)c1ccccn1. The van der Waals surface area contributed by atoms with Crippen molar-refractivity contribution >= 4 is 23.1 Å². The van der Waals surface area contributed by atoms with Gasteiger partial charge in [-0.15, -0.1) is 0 Å². The van der Waals surface area contributed by atoms with Crippen LogP contribution in [0.4, 0.5) is 15.9 Å². The topological polar surface area (TPSA) is 62.7 Å². The third kappa shape index (κ3) is 3.44. The molecule has 0 saturated heterocycles. The minimum Gasteiger partial charge on any atom is -0.383 e. The molecule has 0 amide bonds. The zero-order chi connectivity index (χ0) is 16.9. The van der Waals surface area contributed by atoms with Crippen LogP contribution < -0.4 is 10.6 Å². The highest BCUT2D eigenvalue weighted by molar-refractivity contribution is 6.32. The van der Waals surface area contributed by atoms with Crippen molar-refractivity contribution in [1.29, 1.82) is 0 Å². The first-order chi connectivity index (χ1) is 11.7. The van der Waals surface area contributed by atoms with Gasteiger partial charge in [-0.05, 0) is 29.8 Å². The van der Waals surface area contributed by atoms with Crippen LogP contribution in [0, 0.1) is 5.82 Å². The van der Waals surface area contributed by atoms with Crippen molar-refractivity contribution in [3.8, 4) is 0 Å². The van der Waals surface area contributed by atoms with Crippen LogP contribution in [-0.2, 0) is 0 Å². The molecule has 3 rings (SSSR count). The number of pyridine rings is 1. The number of rotatable bonds is 5. The molecule has 1 atom stereocenters. The largest absolute Gasteiger partial charge is 0.383 e. The van der Waals surface area contributed by atoms with E-state index in [2.05, 4.69) is 25.6 Å². The minimum atomic E-state index is -0.389. The Kier molecular flexibility index (Phi) is 4.86. The fourth-order valence-corrected chi connectivity index (χ4v) is 2.62. The maximum absolute atomic E-state index is 13.7. The lowest BCUT2D eigenvalue weighted by molar-refractivity contribution is 0.624. The van der Waals surface area contributed by atoms with Crippen molar-refractivity contribution in [2.24, 2.45) is 0 Å². The summed E-state index contributed by atoms with van der Waals surface area (Å²) in [5, 5.41) is 6.54. The van der Waals surface area contributed by atoms with E-state index in [-0.39, 0.29) is 11.9 Å². The van der Waals surface area contributed by atoms with E-state index in [4.69, 9.17) is 11.6 Å². The molecule has 0 spiro atoms. The van der Waals surface area contributed by atoms with Gasteiger partial charge in [-0.3, -0.25) is 4.98 Å². The molecule has 1 aromatic carbocycles. The maximum Gasteiger partial charge on any atom is 0.157 e. The van der Waals surface area contributed by atoms with E-state index >= 15 is 0 Å². The van der Waals surface area contributed by atoms with Crippen molar-refractivity contribution in [2.45, 2.75) is 6.04 Å². The highest BCUT2D eigenvalue weighted by atomic mass is 35.5. The van der Waals surface area contributed by atoms with Crippen LogP contribution in [0.25, 0.3) is 0 Å². The molecule has 1 unspecified atom stereocenters. The number of nitrogens with one attached hydrogen (secondary N) is 2. The third-order valence-electron chi connectivity index (χ3n) is 3.50. The van der Waals surface area contributed by atoms with Gasteiger partial charge in [0.2, 0.25) is 0 Å². The average Bonchev–Trinajstić information content (AvgIpc) is 2.60. The molecule has 3 aromatic rings. The van der Waals surface area contributed by atoms with Gasteiger partial charge < -0.3 is 10.6 Å². The van der Waals surface area contributed by atoms with Gasteiger partial charge in [0, 0.05) is 13.2 Å². The number of hydrogen-bond donors (Lipinski definition) is 2. The fraction of sp³-hybridized carbons (Fsp3) is 0.118. The van der Waals surface area contributed by atoms with E-state index in [0.29, 0.717) is 16.7 Å². The summed E-state index contributed by atoms with van der Waals surface area (Å²) in [6.07, 6.45) is 3.06. The second-order valence-electron chi connectivity index (χ2n) is 5.03. The van der Waals surface area contributed by atoms with Crippen LogP contribution in [0.1, 0.15) is 17.3 Å². The standard InChI is InChI=1S/C17H15ClFN5/c1-20-15-16(18)22-10-23-17(15)24-14(13-7-2-3-8-21-13)11-5-4-6-12(19)9-11/h2-10,14,20H,1H3,(H,22,23,24). The van der Waals surface area contributed by atoms with Crippen molar-refractivity contribution in [2.75, 3.05) is 17.7 Å². The Bertz CT molecular complexity index is 828. The Balaban J connectivity index is 2.05. The zero-order valence-corrected chi connectivity index (χ0v) is 13.6. The lowest BCUT2D eigenvalue weighted by Gasteiger charge is -2.21. The Morgan fingerprint density at radius 3 is 2.67 bits per heavy atom. The van der Waals surface area contributed by atoms with Crippen LogP contribution in [0.15, 0.2) is 55.0 Å². The molecule has 0 radical (unpaired) electrons. The van der Waals surface area contributed by atoms with Crippen LogP contribution in [0.3, 0.4) is 0 Å². The Morgan fingerprint density at radius 2 is 1.96 bits per heavy atom. The number of anilines is 2. The molecular weight excluding hydrogens is 329 g/mol. The van der Waals surface area contributed by atoms with Gasteiger partial charge in [0.25, 0.3) is 0 Å². The normalized spacial score (nSPS) is 11.8. The molecule has 0 aliphatic heterocycles. The summed E-state index contributed by atoms with van der Waals surface area (Å²) in [5.41, 5.74) is 2.03. The van der Waals surface area contributed by atoms with Gasteiger partial charge in [-0.2, -0.15) is 0 Å². The third-order valence-corrected chi connectivity index (χ3v) is 3.78. The summed E-state index contributed by atoms with van der Waals surface area (Å²) in [5.74, 6) is 0.196. The summed E-state index contributed by atoms with van der Waals surface area (Å²) in [4.78, 5) is 12.6. The van der Waals surface area contributed by atoms with Crippen LogP contribution >= 0.6 is 11.6 Å². The van der Waals surface area contributed by atoms with Crippen LogP contribution in [0.5, 0.6) is 0 Å². The van der Waals surface area contributed by atoms with Crippen molar-refractivity contribution in [3.63, 3.8) is 0 Å². The highest BCUT2D eigenvalue weighted by Gasteiger charge is 2.19. The molecule has 2 aromatic heterocycles. The average molecular weight is 344 g/mol. The molecule has 7 heteroatoms. The predicted molar refractivity (Wildman–Crippen MR) is 92.7 cm³/mol. The summed E-state index contributed by atoms with van der Waals surface area (Å²) in [7, 11) is 1.73. The molecule has 2 N–H and O–H groups in total. The van der Waals surface area contributed by atoms with Crippen molar-refractivity contribution in [1.82, 2.24) is 15.0 Å². The first-order valence-electron chi connectivity index (χ1n) is 7.30. The molecule has 0 aliphatic carbocycles. The lowest BCUT2D eigenvalue weighted by atomic mass is 10.0. The first kappa shape index (κ1) is 16.1. The lowest BCUT2D eigenvalue weighted by Crippen LogP contribution is -2.16. The molecule has 122 valence electrons. The highest BCUT2D eigenvalue weighted by Crippen LogP contribution is 2.31. The second kappa shape index (κ2) is 7.23. The molecule has 24 heavy (non-hydrogen) atoms. The zero-order valence-electron chi connectivity index (χ0n) is 12.9. The number of benzene rings is 1. The summed E-state index contributed by atoms with van der Waals surface area (Å²) < 4.78 is 13.7. The summed E-state index contributed by atoms with van der Waals surface area (Å²) in [6.45, 7) is 0. The van der Waals surface area contributed by atoms with Gasteiger partial charge in [-0.25, -0.2) is 14.4 Å². The molecule has 5 nitrogen and oxygen atoms in total. The number of hydrogen-bond acceptors (Lipinski definition) is 5. The van der Waals surface area contributed by atoms with E-state index in [1.165, 1.54) is 18.5 Å². The van der Waals surface area contributed by atoms with E-state index in [0.717, 1.165) is 11.3 Å². The summed E-state index contributed by atoms with van der Waals surface area (Å²) >= 11 is 6.10. The molecular formula is C17H15ClFN5. The predicted octanol–water partition coefficient (Wildman–Crippen LogP) is 3.91. The second-order valence-corrected chi connectivity index (χ2v) is 5.38. The van der Waals surface area contributed by atoms with Crippen molar-refractivity contribution < 1.29 is 4.39 Å². The van der Waals surface area contributed by atoms with E-state index < -0.39 is 0 Å². The van der Waals surface area contributed by atoms with Crippen LogP contribution in [0.2, 0.25) is 5.15 Å². The number of halogens is 2.